The zero-order chi connectivity index (χ0) is 15.6. The second-order valence-electron chi connectivity index (χ2n) is 6.29. The van der Waals surface area contributed by atoms with Gasteiger partial charge < -0.3 is 5.32 Å². The summed E-state index contributed by atoms with van der Waals surface area (Å²) in [5.41, 5.74) is 2.73. The van der Waals surface area contributed by atoms with E-state index in [1.54, 1.807) is 0 Å². The van der Waals surface area contributed by atoms with E-state index in [-0.39, 0.29) is 0 Å². The average Bonchev–Trinajstić information content (AvgIpc) is 2.56. The molecule has 0 aliphatic carbocycles. The first-order valence-electron chi connectivity index (χ1n) is 9.05. The first-order valence-corrected chi connectivity index (χ1v) is 9.05. The zero-order valence-corrected chi connectivity index (χ0v) is 14.3. The van der Waals surface area contributed by atoms with Crippen molar-refractivity contribution in [2.75, 3.05) is 12.4 Å². The number of aryl methyl sites for hydroxylation is 1. The van der Waals surface area contributed by atoms with Gasteiger partial charge in [0, 0.05) is 18.1 Å². The summed E-state index contributed by atoms with van der Waals surface area (Å²) in [7, 11) is 2.00. The van der Waals surface area contributed by atoms with Gasteiger partial charge in [0.2, 0.25) is 0 Å². The largest absolute Gasteiger partial charge is 0.388 e. The molecule has 0 amide bonds. The summed E-state index contributed by atoms with van der Waals surface area (Å²) in [6, 6.07) is 13.3. The molecule has 120 valence electrons. The molecular weight excluding hydrogens is 266 g/mol. The predicted octanol–water partition coefficient (Wildman–Crippen LogP) is 6.56. The minimum Gasteiger partial charge on any atom is -0.388 e. The summed E-state index contributed by atoms with van der Waals surface area (Å²) >= 11 is 0. The van der Waals surface area contributed by atoms with Crippen LogP contribution in [0.25, 0.3) is 10.8 Å². The van der Waals surface area contributed by atoms with Gasteiger partial charge in [-0.25, -0.2) is 0 Å². The van der Waals surface area contributed by atoms with Gasteiger partial charge in [0.1, 0.15) is 0 Å². The van der Waals surface area contributed by atoms with Crippen molar-refractivity contribution >= 4 is 16.5 Å². The summed E-state index contributed by atoms with van der Waals surface area (Å²) < 4.78 is 0. The van der Waals surface area contributed by atoms with Crippen LogP contribution in [0.2, 0.25) is 0 Å². The highest BCUT2D eigenvalue weighted by atomic mass is 14.8. The molecule has 0 saturated heterocycles. The van der Waals surface area contributed by atoms with E-state index in [0.29, 0.717) is 0 Å². The molecule has 2 aromatic rings. The van der Waals surface area contributed by atoms with Crippen LogP contribution in [0.1, 0.15) is 63.9 Å². The van der Waals surface area contributed by atoms with E-state index in [0.717, 1.165) is 0 Å². The molecule has 22 heavy (non-hydrogen) atoms. The number of nitrogens with one attached hydrogen (secondary N) is 1. The number of anilines is 1. The molecule has 0 aromatic heterocycles. The zero-order valence-electron chi connectivity index (χ0n) is 14.3. The number of rotatable bonds is 10. The fourth-order valence-electron chi connectivity index (χ4n) is 3.26. The van der Waals surface area contributed by atoms with E-state index in [9.17, 15) is 0 Å². The summed E-state index contributed by atoms with van der Waals surface area (Å²) in [6.07, 6.45) is 12.3. The molecule has 0 atom stereocenters. The lowest BCUT2D eigenvalue weighted by atomic mass is 9.98. The van der Waals surface area contributed by atoms with E-state index in [2.05, 4.69) is 48.6 Å². The van der Waals surface area contributed by atoms with Crippen LogP contribution in [0.4, 0.5) is 5.69 Å². The lowest BCUT2D eigenvalue weighted by molar-refractivity contribution is 0.576. The molecule has 0 aliphatic rings. The van der Waals surface area contributed by atoms with Gasteiger partial charge in [-0.15, -0.1) is 0 Å². The number of hydrogen-bond donors (Lipinski definition) is 1. The molecule has 0 heterocycles. The summed E-state index contributed by atoms with van der Waals surface area (Å²) in [5.74, 6) is 0. The van der Waals surface area contributed by atoms with Gasteiger partial charge in [0.25, 0.3) is 0 Å². The van der Waals surface area contributed by atoms with Crippen molar-refractivity contribution in [1.29, 1.82) is 0 Å². The molecule has 0 aliphatic heterocycles. The quantitative estimate of drug-likeness (QED) is 0.489. The second-order valence-corrected chi connectivity index (χ2v) is 6.29. The lowest BCUT2D eigenvalue weighted by Crippen LogP contribution is -1.92. The molecular formula is C21H31N. The Kier molecular flexibility index (Phi) is 7.28. The van der Waals surface area contributed by atoms with Crippen LogP contribution in [0.3, 0.4) is 0 Å². The maximum Gasteiger partial charge on any atom is 0.0417 e. The molecule has 2 rings (SSSR count). The van der Waals surface area contributed by atoms with Crippen molar-refractivity contribution in [2.24, 2.45) is 0 Å². The number of hydrogen-bond acceptors (Lipinski definition) is 1. The molecule has 2 aromatic carbocycles. The van der Waals surface area contributed by atoms with E-state index in [1.807, 2.05) is 7.05 Å². The Labute approximate surface area is 136 Å². The topological polar surface area (TPSA) is 12.0 Å². The Morgan fingerprint density at radius 2 is 1.36 bits per heavy atom. The van der Waals surface area contributed by atoms with E-state index in [1.165, 1.54) is 79.8 Å². The van der Waals surface area contributed by atoms with Gasteiger partial charge in [-0.3, -0.25) is 0 Å². The highest BCUT2D eigenvalue weighted by molar-refractivity contribution is 5.95. The maximum absolute atomic E-state index is 3.30. The first-order chi connectivity index (χ1) is 10.9. The third-order valence-electron chi connectivity index (χ3n) is 4.58. The molecule has 0 bridgehead atoms. The molecule has 0 fully saturated rings. The Hall–Kier alpha value is -1.50. The summed E-state index contributed by atoms with van der Waals surface area (Å²) in [5, 5.41) is 6.06. The molecule has 1 N–H and O–H groups in total. The van der Waals surface area contributed by atoms with E-state index >= 15 is 0 Å². The number of benzene rings is 2. The van der Waals surface area contributed by atoms with Crippen LogP contribution >= 0.6 is 0 Å². The molecule has 0 radical (unpaired) electrons. The van der Waals surface area contributed by atoms with Gasteiger partial charge in [-0.2, -0.15) is 0 Å². The van der Waals surface area contributed by atoms with Gasteiger partial charge in [0.15, 0.2) is 0 Å². The van der Waals surface area contributed by atoms with Crippen LogP contribution in [0.5, 0.6) is 0 Å². The maximum atomic E-state index is 3.30. The summed E-state index contributed by atoms with van der Waals surface area (Å²) in [4.78, 5) is 0. The van der Waals surface area contributed by atoms with Crippen molar-refractivity contribution in [3.63, 3.8) is 0 Å². The Bertz CT molecular complexity index is 559. The fourth-order valence-corrected chi connectivity index (χ4v) is 3.26. The average molecular weight is 297 g/mol. The minimum absolute atomic E-state index is 1.21. The van der Waals surface area contributed by atoms with Crippen LogP contribution in [0, 0.1) is 0 Å². The van der Waals surface area contributed by atoms with Gasteiger partial charge in [0.05, 0.1) is 0 Å². The molecule has 0 unspecified atom stereocenters. The molecule has 0 saturated carbocycles. The normalized spacial score (nSPS) is 11.0. The Morgan fingerprint density at radius 3 is 2.09 bits per heavy atom. The summed E-state index contributed by atoms with van der Waals surface area (Å²) in [6.45, 7) is 2.28. The lowest BCUT2D eigenvalue weighted by Gasteiger charge is -2.10. The van der Waals surface area contributed by atoms with Crippen molar-refractivity contribution in [3.05, 3.63) is 42.0 Å². The van der Waals surface area contributed by atoms with Crippen molar-refractivity contribution in [2.45, 2.75) is 64.7 Å². The monoisotopic (exact) mass is 297 g/mol. The fraction of sp³-hybridized carbons (Fsp3) is 0.524. The van der Waals surface area contributed by atoms with Crippen LogP contribution < -0.4 is 5.32 Å². The van der Waals surface area contributed by atoms with Gasteiger partial charge in [-0.05, 0) is 29.9 Å². The van der Waals surface area contributed by atoms with E-state index < -0.39 is 0 Å². The second kappa shape index (κ2) is 9.50. The van der Waals surface area contributed by atoms with Crippen molar-refractivity contribution in [1.82, 2.24) is 0 Å². The predicted molar refractivity (Wildman–Crippen MR) is 99.8 cm³/mol. The van der Waals surface area contributed by atoms with Crippen LogP contribution in [-0.4, -0.2) is 7.05 Å². The smallest absolute Gasteiger partial charge is 0.0417 e. The minimum atomic E-state index is 1.21. The molecule has 1 heteroatoms. The van der Waals surface area contributed by atoms with Gasteiger partial charge >= 0.3 is 0 Å². The first kappa shape index (κ1) is 16.9. The standard InChI is InChI=1S/C21H31N/c1-3-4-5-6-7-8-9-10-13-18-14-11-16-20-19(18)15-12-17-21(20)22-2/h11-12,14-17,22H,3-10,13H2,1-2H3. The van der Waals surface area contributed by atoms with Crippen LogP contribution in [0.15, 0.2) is 36.4 Å². The molecule has 1 nitrogen and oxygen atoms in total. The highest BCUT2D eigenvalue weighted by Gasteiger charge is 2.03. The highest BCUT2D eigenvalue weighted by Crippen LogP contribution is 2.27. The van der Waals surface area contributed by atoms with Gasteiger partial charge in [-0.1, -0.05) is 82.2 Å². The van der Waals surface area contributed by atoms with Crippen molar-refractivity contribution in [3.8, 4) is 0 Å². The van der Waals surface area contributed by atoms with Crippen LogP contribution in [-0.2, 0) is 6.42 Å². The molecule has 0 spiro atoms. The van der Waals surface area contributed by atoms with Crippen molar-refractivity contribution < 1.29 is 0 Å². The Balaban J connectivity index is 1.82. The SMILES string of the molecule is CCCCCCCCCCc1cccc2c(NC)cccc12. The number of fused-ring (bicyclic) bond motifs is 1. The Morgan fingerprint density at radius 1 is 0.727 bits per heavy atom. The third kappa shape index (κ3) is 4.76. The van der Waals surface area contributed by atoms with E-state index in [4.69, 9.17) is 0 Å². The third-order valence-corrected chi connectivity index (χ3v) is 4.58. The number of unbranched alkanes of at least 4 members (excludes halogenated alkanes) is 7.